The Labute approximate surface area is 115 Å². The number of rotatable bonds is 4. The summed E-state index contributed by atoms with van der Waals surface area (Å²) in [5.41, 5.74) is 1.74. The molecule has 0 saturated heterocycles. The maximum Gasteiger partial charge on any atom is 0.131 e. The van der Waals surface area contributed by atoms with Crippen LogP contribution in [0.5, 0.6) is 0 Å². The number of aliphatic hydroxyl groups excluding tert-OH is 1. The Morgan fingerprint density at radius 3 is 2.84 bits per heavy atom. The molecule has 1 heterocycles. The average molecular weight is 277 g/mol. The standard InChI is InChI=1S/C15H16FNOS/c16-14-4-3-10(9-17-11-7-12(18)8-11)6-13(14)15-2-1-5-19-15/h1-6,11-12,17-18H,7-9H2. The van der Waals surface area contributed by atoms with Crippen LogP contribution >= 0.6 is 11.3 Å². The number of hydrogen-bond donors (Lipinski definition) is 2. The van der Waals surface area contributed by atoms with Gasteiger partial charge in [0.05, 0.1) is 6.10 Å². The molecule has 1 fully saturated rings. The normalized spacial score (nSPS) is 22.2. The summed E-state index contributed by atoms with van der Waals surface area (Å²) in [5.74, 6) is -0.176. The summed E-state index contributed by atoms with van der Waals surface area (Å²) in [6.45, 7) is 0.718. The Morgan fingerprint density at radius 1 is 1.32 bits per heavy atom. The van der Waals surface area contributed by atoms with E-state index in [9.17, 15) is 9.50 Å². The first-order valence-electron chi connectivity index (χ1n) is 6.46. The van der Waals surface area contributed by atoms with Crippen molar-refractivity contribution in [1.82, 2.24) is 5.32 Å². The molecular weight excluding hydrogens is 261 g/mol. The van der Waals surface area contributed by atoms with E-state index >= 15 is 0 Å². The zero-order valence-electron chi connectivity index (χ0n) is 10.5. The molecular formula is C15H16FNOS. The fourth-order valence-electron chi connectivity index (χ4n) is 2.32. The Kier molecular flexibility index (Phi) is 3.64. The van der Waals surface area contributed by atoms with Gasteiger partial charge in [-0.15, -0.1) is 11.3 Å². The van der Waals surface area contributed by atoms with Gasteiger partial charge in [0.1, 0.15) is 5.82 Å². The molecule has 2 nitrogen and oxygen atoms in total. The summed E-state index contributed by atoms with van der Waals surface area (Å²) in [7, 11) is 0. The highest BCUT2D eigenvalue weighted by molar-refractivity contribution is 7.13. The predicted octanol–water partition coefficient (Wildman–Crippen LogP) is 3.17. The van der Waals surface area contributed by atoms with Crippen LogP contribution in [0.1, 0.15) is 18.4 Å². The highest BCUT2D eigenvalue weighted by atomic mass is 32.1. The average Bonchev–Trinajstić information content (AvgIpc) is 2.88. The number of hydrogen-bond acceptors (Lipinski definition) is 3. The quantitative estimate of drug-likeness (QED) is 0.899. The van der Waals surface area contributed by atoms with E-state index in [1.807, 2.05) is 29.6 Å². The van der Waals surface area contributed by atoms with Gasteiger partial charge in [0.2, 0.25) is 0 Å². The molecule has 1 aromatic heterocycles. The molecule has 2 N–H and O–H groups in total. The van der Waals surface area contributed by atoms with Gasteiger partial charge in [-0.05, 0) is 42.0 Å². The lowest BCUT2D eigenvalue weighted by molar-refractivity contribution is 0.0619. The van der Waals surface area contributed by atoms with E-state index in [2.05, 4.69) is 5.32 Å². The van der Waals surface area contributed by atoms with Crippen LogP contribution in [0.3, 0.4) is 0 Å². The minimum atomic E-state index is -0.176. The second-order valence-corrected chi connectivity index (χ2v) is 5.94. The Hall–Kier alpha value is -1.23. The molecule has 0 amide bonds. The van der Waals surface area contributed by atoms with E-state index in [0.717, 1.165) is 29.8 Å². The molecule has 1 aliphatic carbocycles. The molecule has 19 heavy (non-hydrogen) atoms. The van der Waals surface area contributed by atoms with Gasteiger partial charge in [-0.3, -0.25) is 0 Å². The van der Waals surface area contributed by atoms with Crippen LogP contribution in [0, 0.1) is 5.82 Å². The first-order chi connectivity index (χ1) is 9.22. The molecule has 0 radical (unpaired) electrons. The van der Waals surface area contributed by atoms with Crippen LogP contribution in [0.4, 0.5) is 4.39 Å². The highest BCUT2D eigenvalue weighted by Crippen LogP contribution is 2.28. The largest absolute Gasteiger partial charge is 0.393 e. The van der Waals surface area contributed by atoms with Gasteiger partial charge in [0, 0.05) is 23.0 Å². The lowest BCUT2D eigenvalue weighted by atomic mass is 9.89. The number of halogens is 1. The molecule has 1 aliphatic rings. The van der Waals surface area contributed by atoms with Crippen molar-refractivity contribution in [3.63, 3.8) is 0 Å². The summed E-state index contributed by atoms with van der Waals surface area (Å²) >= 11 is 1.55. The van der Waals surface area contributed by atoms with Crippen LogP contribution in [0.15, 0.2) is 35.7 Å². The first-order valence-corrected chi connectivity index (χ1v) is 7.34. The van der Waals surface area contributed by atoms with Gasteiger partial charge in [-0.25, -0.2) is 4.39 Å². The maximum atomic E-state index is 13.8. The molecule has 0 unspecified atom stereocenters. The van der Waals surface area contributed by atoms with Crippen LogP contribution < -0.4 is 5.32 Å². The molecule has 0 aliphatic heterocycles. The monoisotopic (exact) mass is 277 g/mol. The summed E-state index contributed by atoms with van der Waals surface area (Å²) in [5, 5.41) is 14.6. The molecule has 1 saturated carbocycles. The van der Waals surface area contributed by atoms with Gasteiger partial charge in [0.25, 0.3) is 0 Å². The van der Waals surface area contributed by atoms with Gasteiger partial charge in [0.15, 0.2) is 0 Å². The Balaban J connectivity index is 1.71. The maximum absolute atomic E-state index is 13.8. The summed E-state index contributed by atoms with van der Waals surface area (Å²) in [6, 6.07) is 9.51. The molecule has 100 valence electrons. The molecule has 2 aromatic rings. The van der Waals surface area contributed by atoms with E-state index in [1.165, 1.54) is 6.07 Å². The number of aliphatic hydroxyl groups is 1. The van der Waals surface area contributed by atoms with Crippen molar-refractivity contribution < 1.29 is 9.50 Å². The number of thiophene rings is 1. The number of benzene rings is 1. The van der Waals surface area contributed by atoms with Crippen molar-refractivity contribution in [2.75, 3.05) is 0 Å². The third-order valence-corrected chi connectivity index (χ3v) is 4.43. The van der Waals surface area contributed by atoms with Gasteiger partial charge in [-0.1, -0.05) is 12.1 Å². The van der Waals surface area contributed by atoms with E-state index < -0.39 is 0 Å². The van der Waals surface area contributed by atoms with Crippen molar-refractivity contribution in [3.8, 4) is 10.4 Å². The highest BCUT2D eigenvalue weighted by Gasteiger charge is 2.26. The minimum Gasteiger partial charge on any atom is -0.393 e. The summed E-state index contributed by atoms with van der Waals surface area (Å²) < 4.78 is 13.8. The van der Waals surface area contributed by atoms with Crippen molar-refractivity contribution in [1.29, 1.82) is 0 Å². The third-order valence-electron chi connectivity index (χ3n) is 3.53. The molecule has 0 spiro atoms. The van der Waals surface area contributed by atoms with Crippen molar-refractivity contribution in [2.24, 2.45) is 0 Å². The number of nitrogens with one attached hydrogen (secondary N) is 1. The second-order valence-electron chi connectivity index (χ2n) is 4.99. The van der Waals surface area contributed by atoms with Gasteiger partial charge >= 0.3 is 0 Å². The molecule has 0 atom stereocenters. The Bertz CT molecular complexity index is 549. The predicted molar refractivity (Wildman–Crippen MR) is 75.6 cm³/mol. The van der Waals surface area contributed by atoms with Gasteiger partial charge < -0.3 is 10.4 Å². The minimum absolute atomic E-state index is 0.146. The third kappa shape index (κ3) is 2.86. The fourth-order valence-corrected chi connectivity index (χ4v) is 3.06. The van der Waals surface area contributed by atoms with Gasteiger partial charge in [-0.2, -0.15) is 0 Å². The topological polar surface area (TPSA) is 32.3 Å². The zero-order chi connectivity index (χ0) is 13.2. The van der Waals surface area contributed by atoms with E-state index in [4.69, 9.17) is 0 Å². The lowest BCUT2D eigenvalue weighted by Crippen LogP contribution is -2.43. The smallest absolute Gasteiger partial charge is 0.131 e. The SMILES string of the molecule is OC1CC(NCc2ccc(F)c(-c3cccs3)c2)C1. The van der Waals surface area contributed by atoms with Crippen molar-refractivity contribution >= 4 is 11.3 Å². The summed E-state index contributed by atoms with van der Waals surface area (Å²) in [4.78, 5) is 0.957. The zero-order valence-corrected chi connectivity index (χ0v) is 11.3. The summed E-state index contributed by atoms with van der Waals surface area (Å²) in [6.07, 6.45) is 1.49. The van der Waals surface area contributed by atoms with Crippen molar-refractivity contribution in [2.45, 2.75) is 31.5 Å². The van der Waals surface area contributed by atoms with E-state index in [-0.39, 0.29) is 11.9 Å². The lowest BCUT2D eigenvalue weighted by Gasteiger charge is -2.32. The fraction of sp³-hybridized carbons (Fsp3) is 0.333. The van der Waals surface area contributed by atoms with Crippen molar-refractivity contribution in [3.05, 3.63) is 47.1 Å². The van der Waals surface area contributed by atoms with Crippen LogP contribution in [-0.4, -0.2) is 17.3 Å². The molecule has 0 bridgehead atoms. The molecule has 4 heteroatoms. The van der Waals surface area contributed by atoms with Crippen LogP contribution in [-0.2, 0) is 6.54 Å². The second kappa shape index (κ2) is 5.41. The Morgan fingerprint density at radius 2 is 2.16 bits per heavy atom. The molecule has 3 rings (SSSR count). The first kappa shape index (κ1) is 12.8. The van der Waals surface area contributed by atoms with E-state index in [0.29, 0.717) is 11.6 Å². The molecule has 1 aromatic carbocycles. The van der Waals surface area contributed by atoms with Crippen LogP contribution in [0.2, 0.25) is 0 Å². The van der Waals surface area contributed by atoms with Crippen LogP contribution in [0.25, 0.3) is 10.4 Å². The van der Waals surface area contributed by atoms with E-state index in [1.54, 1.807) is 11.3 Å².